The fourth-order valence-electron chi connectivity index (χ4n) is 2.40. The molecule has 1 saturated heterocycles. The van der Waals surface area contributed by atoms with Crippen molar-refractivity contribution in [3.8, 4) is 0 Å². The molecule has 0 spiro atoms. The molecule has 0 aromatic heterocycles. The molecule has 0 aromatic rings. The number of alkyl halides is 1. The van der Waals surface area contributed by atoms with Crippen LogP contribution in [-0.4, -0.2) is 26.1 Å². The summed E-state index contributed by atoms with van der Waals surface area (Å²) in [6.45, 7) is 9.05. The molecule has 1 aliphatic rings. The standard InChI is InChI=1S/C11H22BFO/c1-7(2)9-5-11(12,13)10(8(3)4)14-6-9/h7-10H,5-6,12H2,1-4H3. The number of ether oxygens (including phenoxy) is 1. The van der Waals surface area contributed by atoms with Gasteiger partial charge in [0.1, 0.15) is 5.57 Å². The maximum Gasteiger partial charge on any atom is 0.153 e. The van der Waals surface area contributed by atoms with Crippen molar-refractivity contribution in [2.75, 3.05) is 6.61 Å². The van der Waals surface area contributed by atoms with E-state index in [1.165, 1.54) is 0 Å². The Kier molecular flexibility index (Phi) is 3.62. The second-order valence-corrected chi connectivity index (χ2v) is 5.48. The highest BCUT2D eigenvalue weighted by Crippen LogP contribution is 2.36. The molecular formula is C11H22BFO. The highest BCUT2D eigenvalue weighted by Gasteiger charge is 2.43. The van der Waals surface area contributed by atoms with Gasteiger partial charge in [-0.25, -0.2) is 0 Å². The zero-order valence-corrected chi connectivity index (χ0v) is 10.0. The predicted octanol–water partition coefficient (Wildman–Crippen LogP) is 2.00. The Morgan fingerprint density at radius 2 is 1.86 bits per heavy atom. The molecule has 0 radical (unpaired) electrons. The minimum atomic E-state index is -1.15. The van der Waals surface area contributed by atoms with Crippen LogP contribution < -0.4 is 0 Å². The summed E-state index contributed by atoms with van der Waals surface area (Å²) in [7, 11) is 1.69. The summed E-state index contributed by atoms with van der Waals surface area (Å²) in [4.78, 5) is 0. The molecule has 0 amide bonds. The van der Waals surface area contributed by atoms with Gasteiger partial charge in [-0.2, -0.15) is 0 Å². The van der Waals surface area contributed by atoms with Gasteiger partial charge in [0.25, 0.3) is 0 Å². The van der Waals surface area contributed by atoms with Crippen molar-refractivity contribution in [3.63, 3.8) is 0 Å². The van der Waals surface area contributed by atoms with E-state index in [0.717, 1.165) is 6.61 Å². The lowest BCUT2D eigenvalue weighted by molar-refractivity contribution is -0.115. The highest BCUT2D eigenvalue weighted by atomic mass is 19.1. The predicted molar refractivity (Wildman–Crippen MR) is 59.9 cm³/mol. The lowest BCUT2D eigenvalue weighted by atomic mass is 9.66. The minimum Gasteiger partial charge on any atom is -0.375 e. The molecule has 0 aromatic carbocycles. The van der Waals surface area contributed by atoms with Gasteiger partial charge in [-0.15, -0.1) is 0 Å². The summed E-state index contributed by atoms with van der Waals surface area (Å²) >= 11 is 0. The molecule has 1 heterocycles. The van der Waals surface area contributed by atoms with Crippen LogP contribution in [0.3, 0.4) is 0 Å². The molecule has 0 bridgehead atoms. The van der Waals surface area contributed by atoms with Gasteiger partial charge in [0.05, 0.1) is 12.7 Å². The zero-order chi connectivity index (χ0) is 10.9. The Hall–Kier alpha value is -0.0451. The third-order valence-electron chi connectivity index (χ3n) is 3.29. The van der Waals surface area contributed by atoms with Crippen LogP contribution in [-0.2, 0) is 4.74 Å². The molecule has 0 saturated carbocycles. The van der Waals surface area contributed by atoms with Gasteiger partial charge < -0.3 is 4.74 Å². The molecule has 14 heavy (non-hydrogen) atoms. The Bertz CT molecular complexity index is 192. The fourth-order valence-corrected chi connectivity index (χ4v) is 2.40. The van der Waals surface area contributed by atoms with E-state index in [1.54, 1.807) is 7.85 Å². The van der Waals surface area contributed by atoms with Crippen LogP contribution in [0.4, 0.5) is 4.39 Å². The molecule has 82 valence electrons. The van der Waals surface area contributed by atoms with Crippen LogP contribution in [0.1, 0.15) is 34.1 Å². The van der Waals surface area contributed by atoms with Crippen molar-refractivity contribution >= 4 is 7.85 Å². The van der Waals surface area contributed by atoms with Crippen molar-refractivity contribution in [1.29, 1.82) is 0 Å². The third kappa shape index (κ3) is 2.50. The van der Waals surface area contributed by atoms with Gasteiger partial charge in [-0.05, 0) is 24.2 Å². The van der Waals surface area contributed by atoms with E-state index in [9.17, 15) is 4.39 Å². The van der Waals surface area contributed by atoms with E-state index in [1.807, 2.05) is 13.8 Å². The first-order chi connectivity index (χ1) is 6.34. The van der Waals surface area contributed by atoms with Crippen LogP contribution >= 0.6 is 0 Å². The maximum atomic E-state index is 14.3. The molecule has 3 unspecified atom stereocenters. The van der Waals surface area contributed by atoms with Crippen LogP contribution in [0.15, 0.2) is 0 Å². The lowest BCUT2D eigenvalue weighted by Gasteiger charge is -2.42. The first-order valence-corrected chi connectivity index (χ1v) is 5.65. The first kappa shape index (κ1) is 12.0. The van der Waals surface area contributed by atoms with Crippen molar-refractivity contribution in [3.05, 3.63) is 0 Å². The van der Waals surface area contributed by atoms with E-state index in [4.69, 9.17) is 4.74 Å². The van der Waals surface area contributed by atoms with Gasteiger partial charge in [0.15, 0.2) is 7.85 Å². The van der Waals surface area contributed by atoms with Gasteiger partial charge >= 0.3 is 0 Å². The molecule has 1 fully saturated rings. The Balaban J connectivity index is 2.65. The normalized spacial score (nSPS) is 39.4. The van der Waals surface area contributed by atoms with E-state index in [2.05, 4.69) is 13.8 Å². The number of hydrogen-bond donors (Lipinski definition) is 0. The smallest absolute Gasteiger partial charge is 0.153 e. The van der Waals surface area contributed by atoms with Crippen molar-refractivity contribution in [2.24, 2.45) is 17.8 Å². The summed E-state index contributed by atoms with van der Waals surface area (Å²) in [6, 6.07) is 0. The largest absolute Gasteiger partial charge is 0.375 e. The number of hydrogen-bond acceptors (Lipinski definition) is 1. The summed E-state index contributed by atoms with van der Waals surface area (Å²) in [5, 5.41) is 0. The third-order valence-corrected chi connectivity index (χ3v) is 3.29. The summed E-state index contributed by atoms with van der Waals surface area (Å²) in [5.74, 6) is 1.15. The van der Waals surface area contributed by atoms with Gasteiger partial charge in [-0.1, -0.05) is 27.7 Å². The van der Waals surface area contributed by atoms with Gasteiger partial charge in [0.2, 0.25) is 0 Å². The lowest BCUT2D eigenvalue weighted by Crippen LogP contribution is -2.51. The van der Waals surface area contributed by atoms with Gasteiger partial charge in [0, 0.05) is 0 Å². The van der Waals surface area contributed by atoms with E-state index in [0.29, 0.717) is 18.3 Å². The summed E-state index contributed by atoms with van der Waals surface area (Å²) in [5.41, 5.74) is -1.15. The average molecular weight is 200 g/mol. The van der Waals surface area contributed by atoms with Crippen LogP contribution in [0.5, 0.6) is 0 Å². The molecule has 0 N–H and O–H groups in total. The second kappa shape index (κ2) is 4.22. The number of rotatable bonds is 2. The van der Waals surface area contributed by atoms with Gasteiger partial charge in [-0.3, -0.25) is 4.39 Å². The Morgan fingerprint density at radius 1 is 1.29 bits per heavy atom. The maximum absolute atomic E-state index is 14.3. The molecule has 1 aliphatic heterocycles. The van der Waals surface area contributed by atoms with Crippen LogP contribution in [0.2, 0.25) is 0 Å². The summed E-state index contributed by atoms with van der Waals surface area (Å²) in [6.07, 6.45) is 0.422. The van der Waals surface area contributed by atoms with Crippen molar-refractivity contribution in [1.82, 2.24) is 0 Å². The minimum absolute atomic E-state index is 0.225. The van der Waals surface area contributed by atoms with Crippen molar-refractivity contribution < 1.29 is 9.13 Å². The number of halogens is 1. The highest BCUT2D eigenvalue weighted by molar-refractivity contribution is 6.15. The average Bonchev–Trinajstić information content (AvgIpc) is 2.01. The van der Waals surface area contributed by atoms with Crippen LogP contribution in [0, 0.1) is 17.8 Å². The zero-order valence-electron chi connectivity index (χ0n) is 10.0. The Morgan fingerprint density at radius 3 is 2.21 bits per heavy atom. The molecular weight excluding hydrogens is 178 g/mol. The van der Waals surface area contributed by atoms with E-state index in [-0.39, 0.29) is 12.0 Å². The monoisotopic (exact) mass is 200 g/mol. The molecule has 3 atom stereocenters. The topological polar surface area (TPSA) is 9.23 Å². The quantitative estimate of drug-likeness (QED) is 0.619. The first-order valence-electron chi connectivity index (χ1n) is 5.65. The van der Waals surface area contributed by atoms with Crippen molar-refractivity contribution in [2.45, 2.75) is 45.8 Å². The van der Waals surface area contributed by atoms with E-state index >= 15 is 0 Å². The second-order valence-electron chi connectivity index (χ2n) is 5.48. The SMILES string of the molecule is BC1(F)CC(C(C)C)COC1C(C)C. The van der Waals surface area contributed by atoms with Crippen LogP contribution in [0.25, 0.3) is 0 Å². The molecule has 0 aliphatic carbocycles. The molecule has 1 rings (SSSR count). The molecule has 3 heteroatoms. The Labute approximate surface area is 87.8 Å². The summed E-state index contributed by atoms with van der Waals surface area (Å²) < 4.78 is 19.9. The molecule has 1 nitrogen and oxygen atoms in total. The fraction of sp³-hybridized carbons (Fsp3) is 1.00. The van der Waals surface area contributed by atoms with E-state index < -0.39 is 5.57 Å².